The van der Waals surface area contributed by atoms with Crippen LogP contribution in [-0.4, -0.2) is 44.0 Å². The molecule has 0 atom stereocenters. The van der Waals surface area contributed by atoms with Gasteiger partial charge < -0.3 is 14.7 Å². The fourth-order valence-electron chi connectivity index (χ4n) is 4.37. The van der Waals surface area contributed by atoms with Crippen LogP contribution in [0.3, 0.4) is 0 Å². The Bertz CT molecular complexity index is 796. The molecule has 0 aromatic heterocycles. The molecule has 2 heterocycles. The highest BCUT2D eigenvalue weighted by Gasteiger charge is 2.23. The average Bonchev–Trinajstić information content (AvgIpc) is 3.17. The van der Waals surface area contributed by atoms with E-state index in [0.717, 1.165) is 31.7 Å². The van der Waals surface area contributed by atoms with Crippen LogP contribution in [-0.2, 0) is 17.8 Å². The van der Waals surface area contributed by atoms with Crippen LogP contribution < -0.4 is 9.80 Å². The third kappa shape index (κ3) is 4.39. The van der Waals surface area contributed by atoms with Crippen LogP contribution in [0.5, 0.6) is 0 Å². The molecule has 4 rings (SSSR count). The third-order valence-electron chi connectivity index (χ3n) is 6.01. The number of carbonyl (C=O) groups excluding carboxylic acids is 1. The van der Waals surface area contributed by atoms with Crippen molar-refractivity contribution in [1.29, 1.82) is 0 Å². The minimum absolute atomic E-state index is 0.234. The number of para-hydroxylation sites is 1. The molecule has 0 N–H and O–H groups in total. The topological polar surface area (TPSA) is 26.8 Å². The van der Waals surface area contributed by atoms with Gasteiger partial charge in [-0.1, -0.05) is 30.3 Å². The number of hydrogen-bond donors (Lipinski definition) is 0. The zero-order valence-corrected chi connectivity index (χ0v) is 16.9. The number of nitrogens with zero attached hydrogens (tertiary/aromatic N) is 3. The first-order chi connectivity index (χ1) is 13.7. The number of rotatable bonds is 6. The van der Waals surface area contributed by atoms with Gasteiger partial charge >= 0.3 is 0 Å². The van der Waals surface area contributed by atoms with Crippen LogP contribution in [0.4, 0.5) is 11.4 Å². The van der Waals surface area contributed by atoms with E-state index in [1.807, 2.05) is 11.0 Å². The minimum Gasteiger partial charge on any atom is -0.372 e. The summed E-state index contributed by atoms with van der Waals surface area (Å²) in [6.07, 6.45) is 5.51. The van der Waals surface area contributed by atoms with E-state index >= 15 is 0 Å². The van der Waals surface area contributed by atoms with Crippen molar-refractivity contribution in [2.24, 2.45) is 0 Å². The van der Waals surface area contributed by atoms with Crippen molar-refractivity contribution >= 4 is 17.3 Å². The third-order valence-corrected chi connectivity index (χ3v) is 6.01. The average molecular weight is 378 g/mol. The van der Waals surface area contributed by atoms with E-state index in [-0.39, 0.29) is 5.91 Å². The van der Waals surface area contributed by atoms with Gasteiger partial charge in [-0.15, -0.1) is 0 Å². The van der Waals surface area contributed by atoms with Gasteiger partial charge in [-0.05, 0) is 62.1 Å². The van der Waals surface area contributed by atoms with Crippen molar-refractivity contribution in [1.82, 2.24) is 4.90 Å². The normalized spacial score (nSPS) is 16.5. The van der Waals surface area contributed by atoms with Crippen LogP contribution in [0.1, 0.15) is 36.8 Å². The van der Waals surface area contributed by atoms with Crippen molar-refractivity contribution in [3.05, 3.63) is 59.7 Å². The Morgan fingerprint density at radius 1 is 0.964 bits per heavy atom. The van der Waals surface area contributed by atoms with Gasteiger partial charge in [0.05, 0.1) is 0 Å². The van der Waals surface area contributed by atoms with Crippen molar-refractivity contribution < 1.29 is 4.79 Å². The highest BCUT2D eigenvalue weighted by Crippen LogP contribution is 2.28. The van der Waals surface area contributed by atoms with Crippen LogP contribution in [0, 0.1) is 0 Å². The summed E-state index contributed by atoms with van der Waals surface area (Å²) in [6, 6.07) is 17.2. The molecular formula is C24H31N3O. The van der Waals surface area contributed by atoms with Gasteiger partial charge in [0.15, 0.2) is 0 Å². The van der Waals surface area contributed by atoms with E-state index in [4.69, 9.17) is 0 Å². The molecule has 4 heteroatoms. The van der Waals surface area contributed by atoms with Crippen molar-refractivity contribution in [3.8, 4) is 0 Å². The first-order valence-corrected chi connectivity index (χ1v) is 10.6. The molecule has 0 spiro atoms. The number of piperidine rings is 1. The van der Waals surface area contributed by atoms with Crippen molar-refractivity contribution in [2.45, 2.75) is 38.6 Å². The molecule has 0 aliphatic carbocycles. The van der Waals surface area contributed by atoms with Gasteiger partial charge in [-0.3, -0.25) is 4.79 Å². The lowest BCUT2D eigenvalue weighted by Crippen LogP contribution is -2.32. The van der Waals surface area contributed by atoms with Crippen molar-refractivity contribution in [3.63, 3.8) is 0 Å². The summed E-state index contributed by atoms with van der Waals surface area (Å²) in [7, 11) is 2.10. The number of carbonyl (C=O) groups is 1. The maximum absolute atomic E-state index is 12.7. The Kier molecular flexibility index (Phi) is 5.96. The van der Waals surface area contributed by atoms with Crippen molar-refractivity contribution in [2.75, 3.05) is 43.0 Å². The van der Waals surface area contributed by atoms with E-state index in [0.29, 0.717) is 6.42 Å². The van der Waals surface area contributed by atoms with Gasteiger partial charge in [-0.25, -0.2) is 0 Å². The number of amides is 1. The summed E-state index contributed by atoms with van der Waals surface area (Å²) in [4.78, 5) is 19.4. The number of benzene rings is 2. The van der Waals surface area contributed by atoms with E-state index in [1.54, 1.807) is 0 Å². The molecule has 2 aliphatic rings. The molecule has 1 amide bonds. The first-order valence-electron chi connectivity index (χ1n) is 10.6. The number of hydrogen-bond acceptors (Lipinski definition) is 3. The maximum atomic E-state index is 12.7. The summed E-state index contributed by atoms with van der Waals surface area (Å²) in [5.74, 6) is 0.234. The summed E-state index contributed by atoms with van der Waals surface area (Å²) < 4.78 is 0. The highest BCUT2D eigenvalue weighted by atomic mass is 16.2. The molecule has 2 aliphatic heterocycles. The molecule has 1 fully saturated rings. The second-order valence-electron chi connectivity index (χ2n) is 8.13. The van der Waals surface area contributed by atoms with Crippen LogP contribution in [0.2, 0.25) is 0 Å². The van der Waals surface area contributed by atoms with Gasteiger partial charge in [0.1, 0.15) is 0 Å². The molecule has 0 radical (unpaired) electrons. The number of fused-ring (bicyclic) bond motifs is 1. The summed E-state index contributed by atoms with van der Waals surface area (Å²) in [5, 5.41) is 0. The van der Waals surface area contributed by atoms with Gasteiger partial charge in [0, 0.05) is 50.5 Å². The Morgan fingerprint density at radius 2 is 1.71 bits per heavy atom. The lowest BCUT2D eigenvalue weighted by atomic mass is 10.1. The summed E-state index contributed by atoms with van der Waals surface area (Å²) in [5.41, 5.74) is 5.04. The number of anilines is 2. The summed E-state index contributed by atoms with van der Waals surface area (Å²) >= 11 is 0. The predicted octanol–water partition coefficient (Wildman–Crippen LogP) is 4.09. The van der Waals surface area contributed by atoms with E-state index in [9.17, 15) is 4.79 Å². The second kappa shape index (κ2) is 8.78. The Balaban J connectivity index is 1.26. The standard InChI is InChI=1S/C24H31N3O/c1-25(17-14-24(28)27-18-13-21-7-3-4-8-23(21)27)19-20-9-11-22(12-10-20)26-15-5-2-6-16-26/h3-4,7-12H,2,5-6,13-19H2,1H3. The lowest BCUT2D eigenvalue weighted by molar-refractivity contribution is -0.118. The van der Waals surface area contributed by atoms with Crippen LogP contribution in [0.15, 0.2) is 48.5 Å². The molecule has 4 nitrogen and oxygen atoms in total. The van der Waals surface area contributed by atoms with Gasteiger partial charge in [0.25, 0.3) is 0 Å². The zero-order chi connectivity index (χ0) is 19.3. The Hall–Kier alpha value is -2.33. The van der Waals surface area contributed by atoms with Crippen LogP contribution in [0.25, 0.3) is 0 Å². The monoisotopic (exact) mass is 377 g/mol. The molecule has 1 saturated heterocycles. The fraction of sp³-hybridized carbons (Fsp3) is 0.458. The predicted molar refractivity (Wildman–Crippen MR) is 116 cm³/mol. The molecule has 0 unspecified atom stereocenters. The molecule has 0 bridgehead atoms. The Morgan fingerprint density at radius 3 is 2.50 bits per heavy atom. The van der Waals surface area contributed by atoms with E-state index < -0.39 is 0 Å². The zero-order valence-electron chi connectivity index (χ0n) is 16.9. The van der Waals surface area contributed by atoms with E-state index in [1.165, 1.54) is 49.2 Å². The maximum Gasteiger partial charge on any atom is 0.228 e. The van der Waals surface area contributed by atoms with Crippen LogP contribution >= 0.6 is 0 Å². The van der Waals surface area contributed by atoms with E-state index in [2.05, 4.69) is 59.3 Å². The smallest absolute Gasteiger partial charge is 0.228 e. The molecule has 148 valence electrons. The SMILES string of the molecule is CN(CCC(=O)N1CCc2ccccc21)Cc1ccc(N2CCCCC2)cc1. The van der Waals surface area contributed by atoms with Gasteiger partial charge in [0.2, 0.25) is 5.91 Å². The first kappa shape index (κ1) is 19.0. The lowest BCUT2D eigenvalue weighted by Gasteiger charge is -2.29. The fourth-order valence-corrected chi connectivity index (χ4v) is 4.37. The second-order valence-corrected chi connectivity index (χ2v) is 8.13. The molecule has 2 aromatic carbocycles. The molecule has 2 aromatic rings. The largest absolute Gasteiger partial charge is 0.372 e. The Labute approximate surface area is 168 Å². The quantitative estimate of drug-likeness (QED) is 0.759. The van der Waals surface area contributed by atoms with Gasteiger partial charge in [-0.2, -0.15) is 0 Å². The summed E-state index contributed by atoms with van der Waals surface area (Å²) in [6.45, 7) is 4.84. The molecule has 28 heavy (non-hydrogen) atoms. The molecule has 0 saturated carbocycles. The highest BCUT2D eigenvalue weighted by molar-refractivity contribution is 5.95. The minimum atomic E-state index is 0.234. The molecular weight excluding hydrogens is 346 g/mol.